The van der Waals surface area contributed by atoms with Crippen LogP contribution in [-0.2, 0) is 19.1 Å². The van der Waals surface area contributed by atoms with E-state index < -0.39 is 53.0 Å². The van der Waals surface area contributed by atoms with Gasteiger partial charge in [-0.15, -0.1) is 11.8 Å². The van der Waals surface area contributed by atoms with E-state index in [1.807, 2.05) is 6.92 Å². The van der Waals surface area contributed by atoms with Crippen molar-refractivity contribution in [1.82, 2.24) is 0 Å². The minimum absolute atomic E-state index is 0.0596. The number of aliphatic hydroxyl groups excluding tert-OH is 2. The molecule has 0 bridgehead atoms. The SMILES string of the molecule is CCC(O)C1CCC(C(O)OC2=CC=C(OC(=O)C3CCC(C(C)=O)CC3)C(SC(C)C3=C(F)C(F)C(F)C(F)C3CC)C2)CC1. The number of carbonyl (C=O) groups is 2. The number of hydrogen-bond donors (Lipinski definition) is 2. The predicted molar refractivity (Wildman–Crippen MR) is 169 cm³/mol. The molecular weight excluding hydrogens is 624 g/mol. The normalized spacial score (nSPS) is 35.8. The van der Waals surface area contributed by atoms with Crippen LogP contribution in [0.15, 0.2) is 35.1 Å². The third-order valence-electron chi connectivity index (χ3n) is 10.6. The number of hydrogen-bond acceptors (Lipinski definition) is 7. The zero-order chi connectivity index (χ0) is 33.7. The minimum Gasteiger partial charge on any atom is -0.469 e. The fourth-order valence-corrected chi connectivity index (χ4v) is 9.01. The zero-order valence-electron chi connectivity index (χ0n) is 27.3. The summed E-state index contributed by atoms with van der Waals surface area (Å²) >= 11 is 1.15. The average molecular weight is 675 g/mol. The molecule has 4 aliphatic rings. The molecule has 8 unspecified atom stereocenters. The third-order valence-corrected chi connectivity index (χ3v) is 12.0. The summed E-state index contributed by atoms with van der Waals surface area (Å²) in [5, 5.41) is 19.8. The highest BCUT2D eigenvalue weighted by Crippen LogP contribution is 2.46. The van der Waals surface area contributed by atoms with Gasteiger partial charge in [-0.25, -0.2) is 17.6 Å². The molecule has 4 rings (SSSR count). The number of alkyl halides is 3. The van der Waals surface area contributed by atoms with Crippen molar-refractivity contribution >= 4 is 23.5 Å². The van der Waals surface area contributed by atoms with Crippen LogP contribution in [0.2, 0.25) is 0 Å². The number of thioether (sulfide) groups is 1. The molecule has 2 saturated carbocycles. The molecule has 6 nitrogen and oxygen atoms in total. The van der Waals surface area contributed by atoms with Gasteiger partial charge < -0.3 is 19.7 Å². The van der Waals surface area contributed by atoms with Crippen molar-refractivity contribution in [3.05, 3.63) is 35.1 Å². The maximum atomic E-state index is 15.2. The molecule has 0 aliphatic heterocycles. The summed E-state index contributed by atoms with van der Waals surface area (Å²) in [6.07, 6.45) is 0.510. The van der Waals surface area contributed by atoms with Gasteiger partial charge in [-0.3, -0.25) is 9.59 Å². The molecule has 46 heavy (non-hydrogen) atoms. The second-order valence-corrected chi connectivity index (χ2v) is 15.1. The van der Waals surface area contributed by atoms with E-state index in [1.165, 1.54) is 0 Å². The van der Waals surface area contributed by atoms with Gasteiger partial charge in [0.25, 0.3) is 0 Å². The van der Waals surface area contributed by atoms with Gasteiger partial charge in [0.1, 0.15) is 29.3 Å². The molecule has 0 aromatic rings. The molecule has 2 fully saturated rings. The van der Waals surface area contributed by atoms with E-state index in [0.29, 0.717) is 50.7 Å². The first-order chi connectivity index (χ1) is 21.9. The summed E-state index contributed by atoms with van der Waals surface area (Å²) in [5.74, 6) is -2.38. The lowest BCUT2D eigenvalue weighted by atomic mass is 9.78. The molecule has 0 saturated heterocycles. The lowest BCUT2D eigenvalue weighted by Crippen LogP contribution is -2.42. The second-order valence-electron chi connectivity index (χ2n) is 13.5. The lowest BCUT2D eigenvalue weighted by Gasteiger charge is -2.37. The van der Waals surface area contributed by atoms with Crippen LogP contribution in [0.25, 0.3) is 0 Å². The summed E-state index contributed by atoms with van der Waals surface area (Å²) in [5.41, 5.74) is -0.113. The molecule has 0 heterocycles. The standard InChI is InChI=1S/C35H50F4O6S/c1-5-25-29(31(37)33(39)32(38)30(25)36)19(4)46-28-17-24(44-34(42)22-13-9-21(10-14-22)26(41)6-2)15-16-27(28)45-35(43)23-11-7-20(8-12-23)18(3)40/h15-16,19-23,25-26,28,30,32-34,41-42H,5-14,17H2,1-4H3. The minimum atomic E-state index is -2.68. The van der Waals surface area contributed by atoms with Crippen LogP contribution in [-0.4, -0.2) is 63.4 Å². The quantitative estimate of drug-likeness (QED) is 0.124. The Morgan fingerprint density at radius 1 is 0.935 bits per heavy atom. The number of carbonyl (C=O) groups excluding carboxylic acids is 2. The van der Waals surface area contributed by atoms with Gasteiger partial charge in [0.15, 0.2) is 18.6 Å². The topological polar surface area (TPSA) is 93.1 Å². The number of allylic oxidation sites excluding steroid dienone is 4. The van der Waals surface area contributed by atoms with Gasteiger partial charge in [0.2, 0.25) is 0 Å². The molecule has 260 valence electrons. The van der Waals surface area contributed by atoms with E-state index >= 15 is 4.39 Å². The number of aliphatic hydroxyl groups is 2. The van der Waals surface area contributed by atoms with Crippen molar-refractivity contribution in [3.8, 4) is 0 Å². The van der Waals surface area contributed by atoms with Crippen LogP contribution < -0.4 is 0 Å². The Hall–Kier alpha value is -1.85. The van der Waals surface area contributed by atoms with Crippen LogP contribution in [0.1, 0.15) is 98.3 Å². The first-order valence-electron chi connectivity index (χ1n) is 17.0. The summed E-state index contributed by atoms with van der Waals surface area (Å²) in [6, 6.07) is 0. The molecule has 0 spiro atoms. The van der Waals surface area contributed by atoms with Crippen LogP contribution in [0.5, 0.6) is 0 Å². The Kier molecular flexibility index (Phi) is 13.3. The molecule has 8 atom stereocenters. The number of rotatable bonds is 12. The Balaban J connectivity index is 1.50. The molecule has 0 aromatic carbocycles. The highest BCUT2D eigenvalue weighted by Gasteiger charge is 2.47. The van der Waals surface area contributed by atoms with E-state index in [1.54, 1.807) is 32.9 Å². The van der Waals surface area contributed by atoms with Crippen molar-refractivity contribution in [2.24, 2.45) is 29.6 Å². The molecule has 4 aliphatic carbocycles. The van der Waals surface area contributed by atoms with E-state index in [9.17, 15) is 33.0 Å². The molecule has 0 aromatic heterocycles. The fraction of sp³-hybridized carbons (Fsp3) is 0.771. The summed E-state index contributed by atoms with van der Waals surface area (Å²) in [6.45, 7) is 6.72. The lowest BCUT2D eigenvalue weighted by molar-refractivity contribution is -0.146. The van der Waals surface area contributed by atoms with Gasteiger partial charge in [-0.2, -0.15) is 0 Å². The predicted octanol–water partition coefficient (Wildman–Crippen LogP) is 7.78. The highest BCUT2D eigenvalue weighted by atomic mass is 32.2. The third kappa shape index (κ3) is 8.59. The Morgan fingerprint density at radius 2 is 1.54 bits per heavy atom. The number of esters is 1. The summed E-state index contributed by atoms with van der Waals surface area (Å²) < 4.78 is 70.6. The van der Waals surface area contributed by atoms with Crippen LogP contribution in [0, 0.1) is 29.6 Å². The number of Topliss-reactive ketones (excluding diaryl/α,β-unsaturated/α-hetero) is 1. The summed E-state index contributed by atoms with van der Waals surface area (Å²) in [4.78, 5) is 25.0. The Bertz CT molecular complexity index is 1160. The average Bonchev–Trinajstić information content (AvgIpc) is 3.05. The Morgan fingerprint density at radius 3 is 2.13 bits per heavy atom. The van der Waals surface area contributed by atoms with Gasteiger partial charge in [0, 0.05) is 29.4 Å². The number of halogens is 4. The van der Waals surface area contributed by atoms with Crippen molar-refractivity contribution < 1.29 is 46.8 Å². The van der Waals surface area contributed by atoms with Crippen LogP contribution in [0.3, 0.4) is 0 Å². The number of ether oxygens (including phenoxy) is 2. The maximum absolute atomic E-state index is 15.2. The molecule has 0 radical (unpaired) electrons. The summed E-state index contributed by atoms with van der Waals surface area (Å²) in [7, 11) is 0. The van der Waals surface area contributed by atoms with Crippen molar-refractivity contribution in [2.45, 2.75) is 140 Å². The van der Waals surface area contributed by atoms with Gasteiger partial charge in [-0.1, -0.05) is 13.8 Å². The first-order valence-corrected chi connectivity index (χ1v) is 17.9. The van der Waals surface area contributed by atoms with Gasteiger partial charge in [0.05, 0.1) is 17.3 Å². The van der Waals surface area contributed by atoms with Crippen LogP contribution in [0.4, 0.5) is 17.6 Å². The largest absolute Gasteiger partial charge is 0.469 e. The highest BCUT2D eigenvalue weighted by molar-refractivity contribution is 8.00. The van der Waals surface area contributed by atoms with E-state index in [2.05, 4.69) is 0 Å². The van der Waals surface area contributed by atoms with Crippen molar-refractivity contribution in [3.63, 3.8) is 0 Å². The second kappa shape index (κ2) is 16.5. The first kappa shape index (κ1) is 37.0. The van der Waals surface area contributed by atoms with E-state index in [-0.39, 0.29) is 59.7 Å². The molecule has 0 amide bonds. The maximum Gasteiger partial charge on any atom is 0.314 e. The fourth-order valence-electron chi connectivity index (χ4n) is 7.56. The molecular formula is C35H50F4O6S. The number of ketones is 1. The van der Waals surface area contributed by atoms with E-state index in [0.717, 1.165) is 24.6 Å². The monoisotopic (exact) mass is 674 g/mol. The van der Waals surface area contributed by atoms with E-state index in [4.69, 9.17) is 9.47 Å². The van der Waals surface area contributed by atoms with Crippen molar-refractivity contribution in [2.75, 3.05) is 0 Å². The smallest absolute Gasteiger partial charge is 0.314 e. The van der Waals surface area contributed by atoms with Gasteiger partial charge in [-0.05, 0) is 102 Å². The zero-order valence-corrected chi connectivity index (χ0v) is 28.1. The van der Waals surface area contributed by atoms with Gasteiger partial charge >= 0.3 is 5.97 Å². The Labute approximate surface area is 274 Å². The molecule has 2 N–H and O–H groups in total. The van der Waals surface area contributed by atoms with Crippen LogP contribution >= 0.6 is 11.8 Å². The molecule has 11 heteroatoms. The van der Waals surface area contributed by atoms with Crippen molar-refractivity contribution in [1.29, 1.82) is 0 Å².